The van der Waals surface area contributed by atoms with Crippen molar-refractivity contribution in [2.24, 2.45) is 10.9 Å². The first kappa shape index (κ1) is 15.3. The van der Waals surface area contributed by atoms with Gasteiger partial charge in [-0.25, -0.2) is 0 Å². The Kier molecular flexibility index (Phi) is 5.56. The normalized spacial score (nSPS) is 11.2. The molecule has 0 aliphatic heterocycles. The van der Waals surface area contributed by atoms with E-state index in [1.54, 1.807) is 7.11 Å². The molecule has 0 amide bonds. The number of ether oxygens (including phenoxy) is 1. The Bertz CT molecular complexity index is 568. The maximum absolute atomic E-state index is 5.14. The molecule has 0 radical (unpaired) electrons. The van der Waals surface area contributed by atoms with Crippen LogP contribution in [-0.2, 0) is 6.42 Å². The zero-order valence-electron chi connectivity index (χ0n) is 13.0. The number of hydrogen-bond donors (Lipinski definition) is 0. The van der Waals surface area contributed by atoms with Crippen LogP contribution in [0.25, 0.3) is 0 Å². The fraction of sp³-hybridized carbons (Fsp3) is 0.316. The van der Waals surface area contributed by atoms with Crippen LogP contribution >= 0.6 is 0 Å². The molecular weight excluding hydrogens is 258 g/mol. The van der Waals surface area contributed by atoms with Crippen molar-refractivity contribution >= 4 is 11.9 Å². The summed E-state index contributed by atoms with van der Waals surface area (Å²) in [5.74, 6) is 1.61. The number of benzene rings is 2. The van der Waals surface area contributed by atoms with Crippen LogP contribution in [0, 0.1) is 5.92 Å². The number of nitrogens with zero attached hydrogens (tertiary/aromatic N) is 1. The smallest absolute Gasteiger partial charge is 0.118 e. The SMILES string of the molecule is COc1ccc(C=Nc2ccc(CCC(C)C)cc2)cc1. The predicted octanol–water partition coefficient (Wildman–Crippen LogP) is 5.03. The first-order valence-electron chi connectivity index (χ1n) is 7.44. The summed E-state index contributed by atoms with van der Waals surface area (Å²) in [5, 5.41) is 0. The van der Waals surface area contributed by atoms with E-state index >= 15 is 0 Å². The van der Waals surface area contributed by atoms with Crippen LogP contribution in [-0.4, -0.2) is 13.3 Å². The lowest BCUT2D eigenvalue weighted by molar-refractivity contribution is 0.415. The van der Waals surface area contributed by atoms with E-state index in [1.165, 1.54) is 12.0 Å². The monoisotopic (exact) mass is 281 g/mol. The van der Waals surface area contributed by atoms with Crippen LogP contribution < -0.4 is 4.74 Å². The van der Waals surface area contributed by atoms with Gasteiger partial charge in [0.1, 0.15) is 5.75 Å². The third-order valence-corrected chi connectivity index (χ3v) is 3.43. The molecule has 0 N–H and O–H groups in total. The number of hydrogen-bond acceptors (Lipinski definition) is 2. The molecule has 0 unspecified atom stereocenters. The zero-order chi connectivity index (χ0) is 15.1. The molecule has 21 heavy (non-hydrogen) atoms. The van der Waals surface area contributed by atoms with Crippen molar-refractivity contribution in [3.63, 3.8) is 0 Å². The first-order chi connectivity index (χ1) is 10.2. The van der Waals surface area contributed by atoms with Crippen molar-refractivity contribution < 1.29 is 4.74 Å². The molecule has 0 aliphatic carbocycles. The van der Waals surface area contributed by atoms with Crippen LogP contribution in [0.15, 0.2) is 53.5 Å². The van der Waals surface area contributed by atoms with Gasteiger partial charge in [0.2, 0.25) is 0 Å². The van der Waals surface area contributed by atoms with Gasteiger partial charge in [0, 0.05) is 6.21 Å². The summed E-state index contributed by atoms with van der Waals surface area (Å²) >= 11 is 0. The molecule has 2 nitrogen and oxygen atoms in total. The third-order valence-electron chi connectivity index (χ3n) is 3.43. The summed E-state index contributed by atoms with van der Waals surface area (Å²) in [7, 11) is 1.67. The molecule has 0 aromatic heterocycles. The second kappa shape index (κ2) is 7.63. The average molecular weight is 281 g/mol. The fourth-order valence-corrected chi connectivity index (χ4v) is 2.04. The number of rotatable bonds is 6. The lowest BCUT2D eigenvalue weighted by Gasteiger charge is -2.04. The van der Waals surface area contributed by atoms with Crippen molar-refractivity contribution in [1.29, 1.82) is 0 Å². The Morgan fingerprint density at radius 1 is 1.00 bits per heavy atom. The number of aryl methyl sites for hydroxylation is 1. The minimum Gasteiger partial charge on any atom is -0.497 e. The van der Waals surface area contributed by atoms with E-state index in [2.05, 4.69) is 43.1 Å². The molecule has 2 heteroatoms. The third kappa shape index (κ3) is 5.07. The van der Waals surface area contributed by atoms with Gasteiger partial charge in [0.05, 0.1) is 12.8 Å². The minimum absolute atomic E-state index is 0.748. The van der Waals surface area contributed by atoms with Crippen LogP contribution in [0.4, 0.5) is 5.69 Å². The van der Waals surface area contributed by atoms with E-state index < -0.39 is 0 Å². The van der Waals surface area contributed by atoms with E-state index in [1.807, 2.05) is 30.5 Å². The predicted molar refractivity (Wildman–Crippen MR) is 89.8 cm³/mol. The van der Waals surface area contributed by atoms with Gasteiger partial charge in [-0.05, 0) is 66.3 Å². The van der Waals surface area contributed by atoms with Crippen molar-refractivity contribution in [3.8, 4) is 5.75 Å². The van der Waals surface area contributed by atoms with Gasteiger partial charge in [0.15, 0.2) is 0 Å². The fourth-order valence-electron chi connectivity index (χ4n) is 2.04. The Labute approximate surface area is 127 Å². The van der Waals surface area contributed by atoms with Crippen LogP contribution in [0.2, 0.25) is 0 Å². The molecule has 2 aromatic rings. The second-order valence-electron chi connectivity index (χ2n) is 5.63. The van der Waals surface area contributed by atoms with Crippen molar-refractivity contribution in [2.75, 3.05) is 7.11 Å². The van der Waals surface area contributed by atoms with Gasteiger partial charge in [-0.3, -0.25) is 4.99 Å². The Hall–Kier alpha value is -2.09. The van der Waals surface area contributed by atoms with E-state index in [4.69, 9.17) is 4.74 Å². The van der Waals surface area contributed by atoms with E-state index in [0.717, 1.165) is 29.3 Å². The van der Waals surface area contributed by atoms with Crippen molar-refractivity contribution in [3.05, 3.63) is 59.7 Å². The molecule has 0 fully saturated rings. The Morgan fingerprint density at radius 2 is 1.67 bits per heavy atom. The Morgan fingerprint density at radius 3 is 2.24 bits per heavy atom. The zero-order valence-corrected chi connectivity index (χ0v) is 13.0. The highest BCUT2D eigenvalue weighted by atomic mass is 16.5. The van der Waals surface area contributed by atoms with Crippen LogP contribution in [0.1, 0.15) is 31.4 Å². The van der Waals surface area contributed by atoms with E-state index in [-0.39, 0.29) is 0 Å². The Balaban J connectivity index is 1.97. The maximum Gasteiger partial charge on any atom is 0.118 e. The van der Waals surface area contributed by atoms with Gasteiger partial charge >= 0.3 is 0 Å². The van der Waals surface area contributed by atoms with Crippen molar-refractivity contribution in [2.45, 2.75) is 26.7 Å². The summed E-state index contributed by atoms with van der Waals surface area (Å²) in [5.41, 5.74) is 3.44. The lowest BCUT2D eigenvalue weighted by Crippen LogP contribution is -1.91. The molecule has 0 saturated heterocycles. The molecule has 0 saturated carbocycles. The van der Waals surface area contributed by atoms with Crippen LogP contribution in [0.3, 0.4) is 0 Å². The quantitative estimate of drug-likeness (QED) is 0.680. The summed E-state index contributed by atoms with van der Waals surface area (Å²) in [6.45, 7) is 4.51. The topological polar surface area (TPSA) is 21.6 Å². The molecule has 110 valence electrons. The van der Waals surface area contributed by atoms with E-state index in [0.29, 0.717) is 0 Å². The van der Waals surface area contributed by atoms with Gasteiger partial charge in [0.25, 0.3) is 0 Å². The van der Waals surface area contributed by atoms with Crippen LogP contribution in [0.5, 0.6) is 5.75 Å². The van der Waals surface area contributed by atoms with Crippen molar-refractivity contribution in [1.82, 2.24) is 0 Å². The van der Waals surface area contributed by atoms with Gasteiger partial charge in [-0.2, -0.15) is 0 Å². The standard InChI is InChI=1S/C19H23NO/c1-15(2)4-5-16-6-10-18(11-7-16)20-14-17-8-12-19(21-3)13-9-17/h6-15H,4-5H2,1-3H3. The van der Waals surface area contributed by atoms with Gasteiger partial charge < -0.3 is 4.74 Å². The summed E-state index contributed by atoms with van der Waals surface area (Å²) in [6.07, 6.45) is 4.25. The maximum atomic E-state index is 5.14. The molecular formula is C19H23NO. The number of aliphatic imine (C=N–C) groups is 1. The highest BCUT2D eigenvalue weighted by Crippen LogP contribution is 2.16. The summed E-state index contributed by atoms with van der Waals surface area (Å²) in [4.78, 5) is 4.50. The molecule has 0 spiro atoms. The average Bonchev–Trinajstić information content (AvgIpc) is 2.52. The molecule has 2 aromatic carbocycles. The molecule has 2 rings (SSSR count). The lowest BCUT2D eigenvalue weighted by atomic mass is 10.0. The highest BCUT2D eigenvalue weighted by molar-refractivity contribution is 5.82. The minimum atomic E-state index is 0.748. The second-order valence-corrected chi connectivity index (χ2v) is 5.63. The highest BCUT2D eigenvalue weighted by Gasteiger charge is 1.97. The van der Waals surface area contributed by atoms with Gasteiger partial charge in [-0.1, -0.05) is 26.0 Å². The summed E-state index contributed by atoms with van der Waals surface area (Å²) in [6, 6.07) is 16.4. The van der Waals surface area contributed by atoms with Gasteiger partial charge in [-0.15, -0.1) is 0 Å². The molecule has 0 bridgehead atoms. The summed E-state index contributed by atoms with van der Waals surface area (Å²) < 4.78 is 5.14. The first-order valence-corrected chi connectivity index (χ1v) is 7.44. The van der Waals surface area contributed by atoms with E-state index in [9.17, 15) is 0 Å². The number of methoxy groups -OCH3 is 1. The molecule has 0 atom stereocenters. The largest absolute Gasteiger partial charge is 0.497 e. The molecule has 0 heterocycles. The molecule has 0 aliphatic rings.